The number of nitriles is 1. The predicted octanol–water partition coefficient (Wildman–Crippen LogP) is 3.64. The van der Waals surface area contributed by atoms with Crippen molar-refractivity contribution in [2.75, 3.05) is 11.9 Å². The molecule has 0 saturated heterocycles. The summed E-state index contributed by atoms with van der Waals surface area (Å²) in [4.78, 5) is 5.16. The zero-order valence-corrected chi connectivity index (χ0v) is 10.7. The molecule has 2 rings (SSSR count). The molecule has 3 nitrogen and oxygen atoms in total. The van der Waals surface area contributed by atoms with Gasteiger partial charge in [0.25, 0.3) is 0 Å². The zero-order valence-electron chi connectivity index (χ0n) is 9.90. The molecule has 0 aliphatic heterocycles. The van der Waals surface area contributed by atoms with Gasteiger partial charge in [0.05, 0.1) is 10.4 Å². The summed E-state index contributed by atoms with van der Waals surface area (Å²) in [6.45, 7) is 2.96. The van der Waals surface area contributed by atoms with Crippen LogP contribution in [0.4, 0.5) is 9.52 Å². The van der Waals surface area contributed by atoms with E-state index < -0.39 is 5.82 Å². The van der Waals surface area contributed by atoms with Crippen LogP contribution in [-0.2, 0) is 0 Å². The number of anilines is 1. The van der Waals surface area contributed by atoms with Gasteiger partial charge in [0.2, 0.25) is 0 Å². The van der Waals surface area contributed by atoms with Gasteiger partial charge in [-0.1, -0.05) is 24.3 Å². The monoisotopic (exact) mass is 261 g/mol. The van der Waals surface area contributed by atoms with Crippen molar-refractivity contribution >= 4 is 16.5 Å². The number of halogens is 1. The topological polar surface area (TPSA) is 48.7 Å². The minimum atomic E-state index is -0.491. The average molecular weight is 261 g/mol. The molecule has 0 radical (unpaired) electrons. The van der Waals surface area contributed by atoms with Crippen molar-refractivity contribution in [3.63, 3.8) is 0 Å². The van der Waals surface area contributed by atoms with Crippen LogP contribution in [-0.4, -0.2) is 11.5 Å². The van der Waals surface area contributed by atoms with E-state index in [1.54, 1.807) is 18.3 Å². The Morgan fingerprint density at radius 1 is 1.50 bits per heavy atom. The third-order valence-corrected chi connectivity index (χ3v) is 3.41. The molecule has 2 aromatic rings. The first-order chi connectivity index (χ1) is 8.74. The van der Waals surface area contributed by atoms with E-state index in [9.17, 15) is 4.39 Å². The van der Waals surface area contributed by atoms with Gasteiger partial charge in [-0.3, -0.25) is 0 Å². The van der Waals surface area contributed by atoms with Crippen molar-refractivity contribution in [2.24, 2.45) is 0 Å². The number of nitrogens with zero attached hydrogens (tertiary/aromatic N) is 2. The fraction of sp³-hybridized carbons (Fsp3) is 0.231. The van der Waals surface area contributed by atoms with Crippen LogP contribution in [0.1, 0.15) is 18.9 Å². The molecule has 1 N–H and O–H groups in total. The first kappa shape index (κ1) is 12.5. The van der Waals surface area contributed by atoms with Crippen LogP contribution in [0, 0.1) is 17.1 Å². The molecule has 0 unspecified atom stereocenters. The van der Waals surface area contributed by atoms with Gasteiger partial charge in [0.15, 0.2) is 5.13 Å². The Hall–Kier alpha value is -1.93. The van der Waals surface area contributed by atoms with Gasteiger partial charge in [-0.2, -0.15) is 5.26 Å². The molecule has 5 heteroatoms. The lowest BCUT2D eigenvalue weighted by Gasteiger charge is -1.99. The third kappa shape index (κ3) is 2.66. The second kappa shape index (κ2) is 5.61. The highest BCUT2D eigenvalue weighted by Gasteiger charge is 2.07. The van der Waals surface area contributed by atoms with Crippen molar-refractivity contribution in [2.45, 2.75) is 13.3 Å². The fourth-order valence-electron chi connectivity index (χ4n) is 1.49. The van der Waals surface area contributed by atoms with Gasteiger partial charge in [0.1, 0.15) is 11.9 Å². The minimum Gasteiger partial charge on any atom is -0.362 e. The SMILES string of the molecule is CCCNc1ncc(-c2ccc(F)c(C#N)c2)s1. The van der Waals surface area contributed by atoms with Crippen molar-refractivity contribution in [1.29, 1.82) is 5.26 Å². The maximum Gasteiger partial charge on any atom is 0.183 e. The highest BCUT2D eigenvalue weighted by molar-refractivity contribution is 7.18. The Kier molecular flexibility index (Phi) is 3.90. The minimum absolute atomic E-state index is 0.0592. The van der Waals surface area contributed by atoms with E-state index in [2.05, 4.69) is 17.2 Å². The molecule has 1 aromatic heterocycles. The Morgan fingerprint density at radius 2 is 2.33 bits per heavy atom. The van der Waals surface area contributed by atoms with Crippen molar-refractivity contribution in [3.8, 4) is 16.5 Å². The van der Waals surface area contributed by atoms with E-state index in [0.29, 0.717) is 0 Å². The van der Waals surface area contributed by atoms with Gasteiger partial charge in [-0.25, -0.2) is 9.37 Å². The average Bonchev–Trinajstić information content (AvgIpc) is 2.85. The highest BCUT2D eigenvalue weighted by Crippen LogP contribution is 2.29. The zero-order chi connectivity index (χ0) is 13.0. The molecule has 0 aliphatic carbocycles. The molecule has 0 fully saturated rings. The first-order valence-electron chi connectivity index (χ1n) is 5.64. The highest BCUT2D eigenvalue weighted by atomic mass is 32.1. The molecule has 18 heavy (non-hydrogen) atoms. The molecule has 0 bridgehead atoms. The Morgan fingerprint density at radius 3 is 3.06 bits per heavy atom. The second-order valence-electron chi connectivity index (χ2n) is 3.76. The lowest BCUT2D eigenvalue weighted by molar-refractivity contribution is 0.624. The molecule has 0 amide bonds. The molecule has 0 aliphatic rings. The van der Waals surface area contributed by atoms with Gasteiger partial charge in [0, 0.05) is 12.7 Å². The molecule has 0 saturated carbocycles. The van der Waals surface area contributed by atoms with Crippen LogP contribution in [0.15, 0.2) is 24.4 Å². The van der Waals surface area contributed by atoms with E-state index in [1.807, 2.05) is 6.07 Å². The number of hydrogen-bond acceptors (Lipinski definition) is 4. The summed E-state index contributed by atoms with van der Waals surface area (Å²) in [5, 5.41) is 12.8. The number of hydrogen-bond donors (Lipinski definition) is 1. The largest absolute Gasteiger partial charge is 0.362 e. The van der Waals surface area contributed by atoms with Crippen molar-refractivity contribution in [1.82, 2.24) is 4.98 Å². The van der Waals surface area contributed by atoms with Crippen molar-refractivity contribution in [3.05, 3.63) is 35.8 Å². The van der Waals surface area contributed by atoms with Crippen LogP contribution >= 0.6 is 11.3 Å². The van der Waals surface area contributed by atoms with Crippen LogP contribution in [0.25, 0.3) is 10.4 Å². The maximum absolute atomic E-state index is 13.2. The summed E-state index contributed by atoms with van der Waals surface area (Å²) in [6, 6.07) is 6.36. The van der Waals surface area contributed by atoms with Gasteiger partial charge < -0.3 is 5.32 Å². The molecular weight excluding hydrogens is 249 g/mol. The van der Waals surface area contributed by atoms with Crippen molar-refractivity contribution < 1.29 is 4.39 Å². The predicted molar refractivity (Wildman–Crippen MR) is 71.0 cm³/mol. The maximum atomic E-state index is 13.2. The summed E-state index contributed by atoms with van der Waals surface area (Å²) in [5.41, 5.74) is 0.874. The Labute approximate surface area is 109 Å². The molecule has 1 heterocycles. The molecule has 92 valence electrons. The smallest absolute Gasteiger partial charge is 0.183 e. The molecule has 0 spiro atoms. The standard InChI is InChI=1S/C13H12FN3S/c1-2-5-16-13-17-8-12(18-13)9-3-4-11(14)10(6-9)7-15/h3-4,6,8H,2,5H2,1H3,(H,16,17). The number of aromatic nitrogens is 1. The fourth-order valence-corrected chi connectivity index (χ4v) is 2.32. The van der Waals surface area contributed by atoms with Crippen LogP contribution < -0.4 is 5.32 Å². The van der Waals surface area contributed by atoms with Gasteiger partial charge in [-0.15, -0.1) is 0 Å². The summed E-state index contributed by atoms with van der Waals surface area (Å²) in [5.74, 6) is -0.491. The molecule has 1 aromatic carbocycles. The number of benzene rings is 1. The number of nitrogens with one attached hydrogen (secondary N) is 1. The van der Waals surface area contributed by atoms with E-state index >= 15 is 0 Å². The number of rotatable bonds is 4. The first-order valence-corrected chi connectivity index (χ1v) is 6.46. The van der Waals surface area contributed by atoms with Crippen LogP contribution in [0.3, 0.4) is 0 Å². The van der Waals surface area contributed by atoms with E-state index in [1.165, 1.54) is 17.4 Å². The van der Waals surface area contributed by atoms with Crippen LogP contribution in [0.5, 0.6) is 0 Å². The number of thiazole rings is 1. The summed E-state index contributed by atoms with van der Waals surface area (Å²) in [6.07, 6.45) is 2.76. The van der Waals surface area contributed by atoms with Gasteiger partial charge in [-0.05, 0) is 24.1 Å². The van der Waals surface area contributed by atoms with E-state index in [-0.39, 0.29) is 5.56 Å². The van der Waals surface area contributed by atoms with E-state index in [4.69, 9.17) is 5.26 Å². The third-order valence-electron chi connectivity index (χ3n) is 2.40. The van der Waals surface area contributed by atoms with Crippen LogP contribution in [0.2, 0.25) is 0 Å². The normalized spacial score (nSPS) is 10.1. The summed E-state index contributed by atoms with van der Waals surface area (Å²) < 4.78 is 13.2. The lowest BCUT2D eigenvalue weighted by atomic mass is 10.1. The van der Waals surface area contributed by atoms with E-state index in [0.717, 1.165) is 28.5 Å². The Balaban J connectivity index is 2.26. The second-order valence-corrected chi connectivity index (χ2v) is 4.79. The molecular formula is C13H12FN3S. The Bertz CT molecular complexity index is 586. The van der Waals surface area contributed by atoms with Gasteiger partial charge >= 0.3 is 0 Å². The quantitative estimate of drug-likeness (QED) is 0.914. The lowest BCUT2D eigenvalue weighted by Crippen LogP contribution is -1.97. The summed E-state index contributed by atoms with van der Waals surface area (Å²) >= 11 is 1.50. The summed E-state index contributed by atoms with van der Waals surface area (Å²) in [7, 11) is 0. The molecule has 0 atom stereocenters.